The molecule has 26 heavy (non-hydrogen) atoms. The van der Waals surface area contributed by atoms with Crippen molar-refractivity contribution in [3.05, 3.63) is 21.4 Å². The number of hydrogen-bond donors (Lipinski definition) is 2. The van der Waals surface area contributed by atoms with Crippen LogP contribution < -0.4 is 10.7 Å². The lowest BCUT2D eigenvalue weighted by molar-refractivity contribution is -0.134. The SMILES string of the molecule is CC1CCC2(CC1)NC(=O)N(NC(=O)c1cc3c(s1)CC[C@@H](C)C3)C2=O. The fraction of sp³-hybridized carbons (Fsp3) is 0.632. The number of imide groups is 1. The third-order valence-corrected chi connectivity index (χ3v) is 7.29. The van der Waals surface area contributed by atoms with Crippen molar-refractivity contribution in [2.24, 2.45) is 11.8 Å². The summed E-state index contributed by atoms with van der Waals surface area (Å²) in [4.78, 5) is 39.6. The van der Waals surface area contributed by atoms with Gasteiger partial charge in [-0.25, -0.2) is 4.79 Å². The molecule has 4 rings (SSSR count). The third-order valence-electron chi connectivity index (χ3n) is 6.06. The van der Waals surface area contributed by atoms with E-state index in [1.165, 1.54) is 21.8 Å². The predicted molar refractivity (Wildman–Crippen MR) is 98.7 cm³/mol. The second kappa shape index (κ2) is 6.37. The molecule has 0 bridgehead atoms. The Balaban J connectivity index is 1.48. The van der Waals surface area contributed by atoms with Crippen LogP contribution in [-0.2, 0) is 17.6 Å². The quantitative estimate of drug-likeness (QED) is 0.780. The minimum absolute atomic E-state index is 0.322. The van der Waals surface area contributed by atoms with Crippen LogP contribution in [0, 0.1) is 11.8 Å². The van der Waals surface area contributed by atoms with E-state index in [4.69, 9.17) is 0 Å². The number of nitrogens with one attached hydrogen (secondary N) is 2. The number of aryl methyl sites for hydroxylation is 1. The van der Waals surface area contributed by atoms with Crippen molar-refractivity contribution < 1.29 is 14.4 Å². The lowest BCUT2D eigenvalue weighted by atomic mass is 9.77. The molecule has 1 aromatic heterocycles. The highest BCUT2D eigenvalue weighted by atomic mass is 32.1. The molecule has 7 heteroatoms. The highest BCUT2D eigenvalue weighted by molar-refractivity contribution is 7.14. The van der Waals surface area contributed by atoms with Crippen LogP contribution in [-0.4, -0.2) is 28.4 Å². The second-order valence-electron chi connectivity index (χ2n) is 8.18. The molecule has 1 spiro atoms. The van der Waals surface area contributed by atoms with Crippen LogP contribution >= 0.6 is 11.3 Å². The lowest BCUT2D eigenvalue weighted by Crippen LogP contribution is -2.51. The van der Waals surface area contributed by atoms with Gasteiger partial charge in [-0.05, 0) is 68.4 Å². The molecule has 2 fully saturated rings. The van der Waals surface area contributed by atoms with E-state index >= 15 is 0 Å². The Morgan fingerprint density at radius 3 is 2.69 bits per heavy atom. The van der Waals surface area contributed by atoms with E-state index in [0.717, 1.165) is 37.1 Å². The Kier molecular flexibility index (Phi) is 4.29. The fourth-order valence-electron chi connectivity index (χ4n) is 4.29. The van der Waals surface area contributed by atoms with Crippen LogP contribution in [0.2, 0.25) is 0 Å². The van der Waals surface area contributed by atoms with E-state index in [0.29, 0.717) is 29.6 Å². The normalized spacial score (nSPS) is 31.1. The van der Waals surface area contributed by atoms with Gasteiger partial charge in [-0.2, -0.15) is 5.01 Å². The van der Waals surface area contributed by atoms with Crippen LogP contribution in [0.5, 0.6) is 0 Å². The van der Waals surface area contributed by atoms with Gasteiger partial charge in [0.15, 0.2) is 0 Å². The molecule has 1 aliphatic heterocycles. The summed E-state index contributed by atoms with van der Waals surface area (Å²) in [7, 11) is 0. The van der Waals surface area contributed by atoms with Crippen molar-refractivity contribution in [3.63, 3.8) is 0 Å². The largest absolute Gasteiger partial charge is 0.344 e. The Bertz CT molecular complexity index is 764. The van der Waals surface area contributed by atoms with E-state index in [-0.39, 0.29) is 11.8 Å². The van der Waals surface area contributed by atoms with E-state index in [2.05, 4.69) is 24.6 Å². The second-order valence-corrected chi connectivity index (χ2v) is 9.32. The van der Waals surface area contributed by atoms with Gasteiger partial charge in [0.1, 0.15) is 5.54 Å². The van der Waals surface area contributed by atoms with Gasteiger partial charge in [-0.3, -0.25) is 15.0 Å². The summed E-state index contributed by atoms with van der Waals surface area (Å²) in [6.45, 7) is 4.38. The third kappa shape index (κ3) is 2.92. The van der Waals surface area contributed by atoms with Crippen LogP contribution in [0.15, 0.2) is 6.07 Å². The molecule has 2 aliphatic carbocycles. The number of urea groups is 1. The average molecular weight is 375 g/mol. The van der Waals surface area contributed by atoms with E-state index in [1.807, 2.05) is 6.07 Å². The molecule has 2 heterocycles. The molecule has 0 aromatic carbocycles. The van der Waals surface area contributed by atoms with Gasteiger partial charge in [-0.15, -0.1) is 11.3 Å². The summed E-state index contributed by atoms with van der Waals surface area (Å²) >= 11 is 1.48. The number of thiophene rings is 1. The van der Waals surface area contributed by atoms with E-state index in [9.17, 15) is 14.4 Å². The zero-order chi connectivity index (χ0) is 18.5. The zero-order valence-corrected chi connectivity index (χ0v) is 16.1. The van der Waals surface area contributed by atoms with Crippen LogP contribution in [0.1, 0.15) is 66.1 Å². The molecule has 1 saturated heterocycles. The summed E-state index contributed by atoms with van der Waals surface area (Å²) in [6, 6.07) is 1.40. The molecule has 0 radical (unpaired) electrons. The summed E-state index contributed by atoms with van der Waals surface area (Å²) < 4.78 is 0. The van der Waals surface area contributed by atoms with E-state index in [1.54, 1.807) is 0 Å². The van der Waals surface area contributed by atoms with Gasteiger partial charge in [-0.1, -0.05) is 13.8 Å². The van der Waals surface area contributed by atoms with Crippen molar-refractivity contribution in [2.45, 2.75) is 64.3 Å². The molecular weight excluding hydrogens is 350 g/mol. The topological polar surface area (TPSA) is 78.5 Å². The molecule has 1 atom stereocenters. The monoisotopic (exact) mass is 375 g/mol. The number of fused-ring (bicyclic) bond motifs is 1. The van der Waals surface area contributed by atoms with E-state index < -0.39 is 11.6 Å². The molecule has 2 N–H and O–H groups in total. The summed E-state index contributed by atoms with van der Waals surface area (Å²) in [6.07, 6.45) is 6.21. The summed E-state index contributed by atoms with van der Waals surface area (Å²) in [5.41, 5.74) is 2.94. The molecule has 3 aliphatic rings. The number of amides is 4. The molecule has 6 nitrogen and oxygen atoms in total. The Labute approximate surface area is 157 Å². The Hall–Kier alpha value is -1.89. The number of hydrazine groups is 1. The first-order valence-electron chi connectivity index (χ1n) is 9.47. The standard InChI is InChI=1S/C19H25N3O3S/c1-11-5-7-19(8-6-11)17(24)22(18(25)20-19)21-16(23)15-10-13-9-12(2)3-4-14(13)26-15/h10-12H,3-9H2,1-2H3,(H,20,25)(H,21,23)/t11?,12-,19?/m1/s1. The van der Waals surface area contributed by atoms with Gasteiger partial charge < -0.3 is 5.32 Å². The number of rotatable bonds is 2. The van der Waals surface area contributed by atoms with Gasteiger partial charge in [0.25, 0.3) is 11.8 Å². The molecule has 0 unspecified atom stereocenters. The van der Waals surface area contributed by atoms with Crippen molar-refractivity contribution in [1.29, 1.82) is 0 Å². The molecule has 1 aromatic rings. The number of carbonyl (C=O) groups excluding carboxylic acids is 3. The lowest BCUT2D eigenvalue weighted by Gasteiger charge is -2.33. The first-order valence-corrected chi connectivity index (χ1v) is 10.3. The van der Waals surface area contributed by atoms with Gasteiger partial charge in [0, 0.05) is 4.88 Å². The maximum atomic E-state index is 12.8. The number of nitrogens with zero attached hydrogens (tertiary/aromatic N) is 1. The minimum atomic E-state index is -0.832. The molecular formula is C19H25N3O3S. The van der Waals surface area contributed by atoms with Crippen LogP contribution in [0.4, 0.5) is 4.79 Å². The Morgan fingerprint density at radius 1 is 1.23 bits per heavy atom. The fourth-order valence-corrected chi connectivity index (χ4v) is 5.39. The summed E-state index contributed by atoms with van der Waals surface area (Å²) in [5.74, 6) is 0.501. The van der Waals surface area contributed by atoms with Gasteiger partial charge in [0.05, 0.1) is 4.88 Å². The first-order chi connectivity index (χ1) is 12.4. The Morgan fingerprint density at radius 2 is 1.96 bits per heavy atom. The van der Waals surface area contributed by atoms with Crippen molar-refractivity contribution in [2.75, 3.05) is 0 Å². The number of hydrogen-bond acceptors (Lipinski definition) is 4. The highest BCUT2D eigenvalue weighted by Gasteiger charge is 2.53. The van der Waals surface area contributed by atoms with Gasteiger partial charge in [0.2, 0.25) is 0 Å². The predicted octanol–water partition coefficient (Wildman–Crippen LogP) is 3.02. The molecule has 4 amide bonds. The summed E-state index contributed by atoms with van der Waals surface area (Å²) in [5, 5.41) is 3.72. The van der Waals surface area contributed by atoms with Crippen molar-refractivity contribution in [1.82, 2.24) is 15.8 Å². The van der Waals surface area contributed by atoms with Crippen LogP contribution in [0.3, 0.4) is 0 Å². The number of carbonyl (C=O) groups is 3. The first kappa shape index (κ1) is 17.5. The van der Waals surface area contributed by atoms with Gasteiger partial charge >= 0.3 is 6.03 Å². The smallest absolute Gasteiger partial charge is 0.322 e. The highest BCUT2D eigenvalue weighted by Crippen LogP contribution is 2.36. The van der Waals surface area contributed by atoms with Crippen molar-refractivity contribution >= 4 is 29.2 Å². The average Bonchev–Trinajstić information content (AvgIpc) is 3.12. The molecule has 140 valence electrons. The maximum Gasteiger partial charge on any atom is 0.344 e. The van der Waals surface area contributed by atoms with Crippen LogP contribution in [0.25, 0.3) is 0 Å². The minimum Gasteiger partial charge on any atom is -0.322 e. The zero-order valence-electron chi connectivity index (χ0n) is 15.3. The maximum absolute atomic E-state index is 12.8. The molecule has 1 saturated carbocycles. The van der Waals surface area contributed by atoms with Crippen molar-refractivity contribution in [3.8, 4) is 0 Å².